The highest BCUT2D eigenvalue weighted by atomic mass is 16.5. The van der Waals surface area contributed by atoms with Gasteiger partial charge in [-0.25, -0.2) is 0 Å². The maximum atomic E-state index is 5.65. The van der Waals surface area contributed by atoms with Gasteiger partial charge in [0.2, 0.25) is 0 Å². The summed E-state index contributed by atoms with van der Waals surface area (Å²) in [5.74, 6) is 0. The van der Waals surface area contributed by atoms with E-state index in [4.69, 9.17) is 9.15 Å². The zero-order valence-electron chi connectivity index (χ0n) is 11.1. The maximum Gasteiger partial charge on any atom is 0.295 e. The van der Waals surface area contributed by atoms with Crippen molar-refractivity contribution in [2.24, 2.45) is 5.41 Å². The Bertz CT molecular complexity index is 511. The zero-order chi connectivity index (χ0) is 13.1. The van der Waals surface area contributed by atoms with E-state index in [0.29, 0.717) is 6.01 Å². The summed E-state index contributed by atoms with van der Waals surface area (Å²) >= 11 is 0. The second-order valence-electron chi connectivity index (χ2n) is 5.38. The molecule has 1 aromatic carbocycles. The topological polar surface area (TPSA) is 59.3 Å². The van der Waals surface area contributed by atoms with Crippen molar-refractivity contribution < 1.29 is 9.15 Å². The Hall–Kier alpha value is -1.59. The largest absolute Gasteiger partial charge is 0.424 e. The molecule has 1 aliphatic rings. The van der Waals surface area contributed by atoms with Gasteiger partial charge in [0, 0.05) is 25.0 Å². The minimum absolute atomic E-state index is 0.0527. The number of fused-ring (bicyclic) bond motifs is 1. The number of ether oxygens (including phenoxy) is 1. The molecule has 0 bridgehead atoms. The first-order valence-electron chi connectivity index (χ1n) is 6.63. The highest BCUT2D eigenvalue weighted by molar-refractivity contribution is 5.74. The van der Waals surface area contributed by atoms with Gasteiger partial charge in [0.15, 0.2) is 5.58 Å². The van der Waals surface area contributed by atoms with E-state index < -0.39 is 0 Å². The maximum absolute atomic E-state index is 5.65. The van der Waals surface area contributed by atoms with Crippen LogP contribution in [-0.2, 0) is 4.74 Å². The number of benzene rings is 1. The Labute approximate surface area is 112 Å². The van der Waals surface area contributed by atoms with Crippen LogP contribution in [0.25, 0.3) is 11.1 Å². The van der Waals surface area contributed by atoms with E-state index in [2.05, 4.69) is 22.5 Å². The average molecular weight is 261 g/mol. The number of anilines is 1. The van der Waals surface area contributed by atoms with Crippen LogP contribution in [0.4, 0.5) is 6.01 Å². The van der Waals surface area contributed by atoms with Crippen LogP contribution >= 0.6 is 0 Å². The third-order valence-corrected chi connectivity index (χ3v) is 3.39. The van der Waals surface area contributed by atoms with E-state index in [1.807, 2.05) is 24.3 Å². The van der Waals surface area contributed by atoms with E-state index in [-0.39, 0.29) is 5.41 Å². The van der Waals surface area contributed by atoms with Gasteiger partial charge in [-0.05, 0) is 12.1 Å². The fourth-order valence-electron chi connectivity index (χ4n) is 2.25. The van der Waals surface area contributed by atoms with Crippen LogP contribution in [0.1, 0.15) is 6.92 Å². The number of oxazole rings is 1. The number of hydrogen-bond acceptors (Lipinski definition) is 5. The summed E-state index contributed by atoms with van der Waals surface area (Å²) in [6.45, 7) is 6.33. The molecule has 0 radical (unpaired) electrons. The van der Waals surface area contributed by atoms with Gasteiger partial charge in [0.05, 0.1) is 13.2 Å². The van der Waals surface area contributed by atoms with Crippen LogP contribution < -0.4 is 10.6 Å². The van der Waals surface area contributed by atoms with Crippen LogP contribution in [0.2, 0.25) is 0 Å². The van der Waals surface area contributed by atoms with Gasteiger partial charge >= 0.3 is 0 Å². The Morgan fingerprint density at radius 2 is 2.32 bits per heavy atom. The molecule has 1 aromatic heterocycles. The van der Waals surface area contributed by atoms with E-state index in [1.165, 1.54) is 0 Å². The average Bonchev–Trinajstić information content (AvgIpc) is 2.72. The number of para-hydroxylation sites is 2. The first-order valence-corrected chi connectivity index (χ1v) is 6.63. The van der Waals surface area contributed by atoms with E-state index in [0.717, 1.165) is 43.9 Å². The predicted molar refractivity (Wildman–Crippen MR) is 74.3 cm³/mol. The number of rotatable bonds is 3. The quantitative estimate of drug-likeness (QED) is 0.883. The Morgan fingerprint density at radius 3 is 3.21 bits per heavy atom. The monoisotopic (exact) mass is 261 g/mol. The van der Waals surface area contributed by atoms with Gasteiger partial charge in [-0.15, -0.1) is 0 Å². The van der Waals surface area contributed by atoms with Crippen molar-refractivity contribution in [2.45, 2.75) is 6.92 Å². The molecule has 3 rings (SSSR count). The Balaban J connectivity index is 1.67. The summed E-state index contributed by atoms with van der Waals surface area (Å²) in [5, 5.41) is 6.66. The van der Waals surface area contributed by atoms with E-state index in [9.17, 15) is 0 Å². The molecule has 0 spiro atoms. The van der Waals surface area contributed by atoms with Crippen molar-refractivity contribution in [2.75, 3.05) is 38.2 Å². The van der Waals surface area contributed by atoms with Crippen LogP contribution in [-0.4, -0.2) is 37.8 Å². The first kappa shape index (κ1) is 12.4. The standard InChI is InChI=1S/C14H19N3O2/c1-14(8-15-6-7-18-10-14)9-16-13-17-11-4-2-3-5-12(11)19-13/h2-5,15H,6-10H2,1H3,(H,16,17). The zero-order valence-corrected chi connectivity index (χ0v) is 11.1. The van der Waals surface area contributed by atoms with Crippen molar-refractivity contribution in [3.8, 4) is 0 Å². The molecule has 0 amide bonds. The minimum Gasteiger partial charge on any atom is -0.424 e. The SMILES string of the molecule is CC1(CNc2nc3ccccc3o2)CNCCOC1. The van der Waals surface area contributed by atoms with Crippen LogP contribution in [0, 0.1) is 5.41 Å². The van der Waals surface area contributed by atoms with Crippen LogP contribution in [0.3, 0.4) is 0 Å². The van der Waals surface area contributed by atoms with Crippen molar-refractivity contribution in [3.63, 3.8) is 0 Å². The van der Waals surface area contributed by atoms with Gasteiger partial charge in [-0.2, -0.15) is 4.98 Å². The summed E-state index contributed by atoms with van der Waals surface area (Å²) in [6.07, 6.45) is 0. The molecule has 2 heterocycles. The third-order valence-electron chi connectivity index (χ3n) is 3.39. The summed E-state index contributed by atoms with van der Waals surface area (Å²) in [4.78, 5) is 4.41. The third kappa shape index (κ3) is 2.88. The van der Waals surface area contributed by atoms with Crippen molar-refractivity contribution in [3.05, 3.63) is 24.3 Å². The van der Waals surface area contributed by atoms with Gasteiger partial charge in [0.25, 0.3) is 6.01 Å². The molecule has 1 aliphatic heterocycles. The highest BCUT2D eigenvalue weighted by Crippen LogP contribution is 2.21. The second-order valence-corrected chi connectivity index (χ2v) is 5.38. The molecule has 1 fully saturated rings. The summed E-state index contributed by atoms with van der Waals surface area (Å²) in [7, 11) is 0. The molecule has 2 aromatic rings. The summed E-state index contributed by atoms with van der Waals surface area (Å²) < 4.78 is 11.3. The van der Waals surface area contributed by atoms with E-state index in [1.54, 1.807) is 0 Å². The van der Waals surface area contributed by atoms with Gasteiger partial charge in [0.1, 0.15) is 5.52 Å². The fraction of sp³-hybridized carbons (Fsp3) is 0.500. The molecule has 5 nitrogen and oxygen atoms in total. The smallest absolute Gasteiger partial charge is 0.295 e. The predicted octanol–water partition coefficient (Wildman–Crippen LogP) is 1.87. The number of nitrogens with zero attached hydrogens (tertiary/aromatic N) is 1. The van der Waals surface area contributed by atoms with Crippen molar-refractivity contribution in [1.29, 1.82) is 0 Å². The molecular formula is C14H19N3O2. The summed E-state index contributed by atoms with van der Waals surface area (Å²) in [6, 6.07) is 8.35. The molecule has 19 heavy (non-hydrogen) atoms. The summed E-state index contributed by atoms with van der Waals surface area (Å²) in [5.41, 5.74) is 1.74. The molecule has 1 atom stereocenters. The first-order chi connectivity index (χ1) is 9.25. The lowest BCUT2D eigenvalue weighted by molar-refractivity contribution is 0.0859. The van der Waals surface area contributed by atoms with Crippen molar-refractivity contribution in [1.82, 2.24) is 10.3 Å². The lowest BCUT2D eigenvalue weighted by Gasteiger charge is -2.26. The van der Waals surface area contributed by atoms with Crippen molar-refractivity contribution >= 4 is 17.1 Å². The van der Waals surface area contributed by atoms with E-state index >= 15 is 0 Å². The molecule has 0 aliphatic carbocycles. The molecule has 102 valence electrons. The molecule has 1 unspecified atom stereocenters. The van der Waals surface area contributed by atoms with Gasteiger partial charge < -0.3 is 19.8 Å². The highest BCUT2D eigenvalue weighted by Gasteiger charge is 2.26. The normalized spacial score (nSPS) is 24.3. The minimum atomic E-state index is 0.0527. The lowest BCUT2D eigenvalue weighted by atomic mass is 9.92. The number of hydrogen-bond donors (Lipinski definition) is 2. The Kier molecular flexibility index (Phi) is 3.40. The fourth-order valence-corrected chi connectivity index (χ4v) is 2.25. The molecule has 2 N–H and O–H groups in total. The van der Waals surface area contributed by atoms with Gasteiger partial charge in [-0.1, -0.05) is 19.1 Å². The Morgan fingerprint density at radius 1 is 1.42 bits per heavy atom. The van der Waals surface area contributed by atoms with Gasteiger partial charge in [-0.3, -0.25) is 0 Å². The number of nitrogens with one attached hydrogen (secondary N) is 2. The lowest BCUT2D eigenvalue weighted by Crippen LogP contribution is -2.38. The van der Waals surface area contributed by atoms with Crippen LogP contribution in [0.5, 0.6) is 0 Å². The second kappa shape index (κ2) is 5.19. The van der Waals surface area contributed by atoms with Crippen LogP contribution in [0.15, 0.2) is 28.7 Å². The molecule has 0 saturated carbocycles. The number of aromatic nitrogens is 1. The molecule has 1 saturated heterocycles. The molecular weight excluding hydrogens is 242 g/mol. The molecule has 5 heteroatoms.